The summed E-state index contributed by atoms with van der Waals surface area (Å²) in [5.41, 5.74) is 2.29. The normalized spacial score (nSPS) is 10.3. The summed E-state index contributed by atoms with van der Waals surface area (Å²) in [7, 11) is 0. The average molecular weight is 337 g/mol. The summed E-state index contributed by atoms with van der Waals surface area (Å²) in [4.78, 5) is 15.9. The van der Waals surface area contributed by atoms with Gasteiger partial charge in [0.25, 0.3) is 5.91 Å². The van der Waals surface area contributed by atoms with Crippen LogP contribution in [0.4, 0.5) is 4.39 Å². The van der Waals surface area contributed by atoms with Crippen LogP contribution in [-0.2, 0) is 6.42 Å². The van der Waals surface area contributed by atoms with Gasteiger partial charge in [-0.1, -0.05) is 6.07 Å². The highest BCUT2D eigenvalue weighted by Gasteiger charge is 2.06. The fraction of sp³-hybridized carbons (Fsp3) is 0.200. The Morgan fingerprint density at radius 1 is 1.35 bits per heavy atom. The number of hydrogen-bond acceptors (Lipinski definition) is 2. The van der Waals surface area contributed by atoms with Crippen LogP contribution in [0.3, 0.4) is 0 Å². The van der Waals surface area contributed by atoms with Crippen molar-refractivity contribution < 1.29 is 9.18 Å². The van der Waals surface area contributed by atoms with Crippen molar-refractivity contribution in [2.24, 2.45) is 0 Å². The predicted molar refractivity (Wildman–Crippen MR) is 79.1 cm³/mol. The molecule has 20 heavy (non-hydrogen) atoms. The molecule has 1 amide bonds. The summed E-state index contributed by atoms with van der Waals surface area (Å²) in [5, 5.41) is 2.80. The molecule has 0 unspecified atom stereocenters. The fourth-order valence-corrected chi connectivity index (χ4v) is 2.09. The first-order valence-electron chi connectivity index (χ1n) is 6.21. The van der Waals surface area contributed by atoms with Crippen LogP contribution in [-0.4, -0.2) is 17.4 Å². The Labute approximate surface area is 125 Å². The van der Waals surface area contributed by atoms with E-state index in [1.54, 1.807) is 24.4 Å². The van der Waals surface area contributed by atoms with E-state index in [1.807, 2.05) is 6.92 Å². The van der Waals surface area contributed by atoms with Gasteiger partial charge in [0, 0.05) is 17.2 Å². The first-order valence-corrected chi connectivity index (χ1v) is 7.00. The number of pyridine rings is 1. The summed E-state index contributed by atoms with van der Waals surface area (Å²) >= 11 is 3.27. The minimum atomic E-state index is -0.241. The van der Waals surface area contributed by atoms with E-state index in [4.69, 9.17) is 0 Å². The number of hydrogen-bond donors (Lipinski definition) is 1. The minimum Gasteiger partial charge on any atom is -0.350 e. The van der Waals surface area contributed by atoms with Crippen LogP contribution in [0.25, 0.3) is 0 Å². The van der Waals surface area contributed by atoms with Gasteiger partial charge in [-0.3, -0.25) is 4.79 Å². The third-order valence-corrected chi connectivity index (χ3v) is 3.41. The number of aryl methyl sites for hydroxylation is 1. The van der Waals surface area contributed by atoms with Gasteiger partial charge in [-0.05, 0) is 64.7 Å². The second kappa shape index (κ2) is 6.61. The first-order chi connectivity index (χ1) is 9.56. The highest BCUT2D eigenvalue weighted by Crippen LogP contribution is 2.10. The molecule has 0 bridgehead atoms. The van der Waals surface area contributed by atoms with Crippen molar-refractivity contribution in [3.8, 4) is 0 Å². The fourth-order valence-electron chi connectivity index (χ4n) is 1.85. The Morgan fingerprint density at radius 3 is 2.80 bits per heavy atom. The lowest BCUT2D eigenvalue weighted by molar-refractivity contribution is 0.0949. The monoisotopic (exact) mass is 336 g/mol. The van der Waals surface area contributed by atoms with Gasteiger partial charge in [-0.15, -0.1) is 0 Å². The lowest BCUT2D eigenvalue weighted by atomic mass is 10.1. The molecule has 1 aromatic heterocycles. The third kappa shape index (κ3) is 3.87. The van der Waals surface area contributed by atoms with E-state index in [-0.39, 0.29) is 11.7 Å². The molecule has 2 aromatic rings. The van der Waals surface area contributed by atoms with E-state index in [2.05, 4.69) is 26.2 Å². The van der Waals surface area contributed by atoms with Gasteiger partial charge < -0.3 is 5.32 Å². The quantitative estimate of drug-likeness (QED) is 0.931. The standard InChI is InChI=1S/C15H14BrFN2O/c1-10-8-13(17)4-2-11(10)6-7-18-15(20)14-5-3-12(16)9-19-14/h2-5,8-9H,6-7H2,1H3,(H,18,20). The van der Waals surface area contributed by atoms with Crippen molar-refractivity contribution in [2.75, 3.05) is 6.54 Å². The molecular formula is C15H14BrFN2O. The Bertz CT molecular complexity index is 614. The molecule has 1 aromatic carbocycles. The molecule has 0 radical (unpaired) electrons. The number of amides is 1. The number of nitrogens with zero attached hydrogens (tertiary/aromatic N) is 1. The molecule has 0 spiro atoms. The lowest BCUT2D eigenvalue weighted by Gasteiger charge is -2.07. The van der Waals surface area contributed by atoms with Gasteiger partial charge in [0.05, 0.1) is 0 Å². The summed E-state index contributed by atoms with van der Waals surface area (Å²) in [5.74, 6) is -0.452. The molecule has 0 aliphatic rings. The predicted octanol–water partition coefficient (Wildman–Crippen LogP) is 3.26. The maximum atomic E-state index is 13.0. The van der Waals surface area contributed by atoms with Crippen molar-refractivity contribution in [1.82, 2.24) is 10.3 Å². The maximum absolute atomic E-state index is 13.0. The Hall–Kier alpha value is -1.75. The number of carbonyl (C=O) groups is 1. The van der Waals surface area contributed by atoms with Gasteiger partial charge in [0.2, 0.25) is 0 Å². The molecule has 0 aliphatic carbocycles. The van der Waals surface area contributed by atoms with E-state index < -0.39 is 0 Å². The molecule has 5 heteroatoms. The van der Waals surface area contributed by atoms with Gasteiger partial charge >= 0.3 is 0 Å². The summed E-state index contributed by atoms with van der Waals surface area (Å²) in [6.45, 7) is 2.35. The van der Waals surface area contributed by atoms with Crippen LogP contribution in [0.15, 0.2) is 41.0 Å². The Morgan fingerprint density at radius 2 is 2.15 bits per heavy atom. The number of rotatable bonds is 4. The van der Waals surface area contributed by atoms with Crippen LogP contribution < -0.4 is 5.32 Å². The van der Waals surface area contributed by atoms with Gasteiger partial charge in [0.1, 0.15) is 11.5 Å². The van der Waals surface area contributed by atoms with Crippen LogP contribution in [0.2, 0.25) is 0 Å². The number of carbonyl (C=O) groups excluding carboxylic acids is 1. The number of nitrogens with one attached hydrogen (secondary N) is 1. The molecule has 1 heterocycles. The van der Waals surface area contributed by atoms with E-state index in [0.717, 1.165) is 15.6 Å². The highest BCUT2D eigenvalue weighted by atomic mass is 79.9. The van der Waals surface area contributed by atoms with Crippen molar-refractivity contribution in [1.29, 1.82) is 0 Å². The third-order valence-electron chi connectivity index (χ3n) is 2.94. The van der Waals surface area contributed by atoms with Crippen molar-refractivity contribution >= 4 is 21.8 Å². The van der Waals surface area contributed by atoms with Crippen molar-refractivity contribution in [3.05, 3.63) is 63.6 Å². The molecule has 3 nitrogen and oxygen atoms in total. The Balaban J connectivity index is 1.89. The Kier molecular flexibility index (Phi) is 4.84. The molecule has 0 saturated carbocycles. The summed E-state index contributed by atoms with van der Waals surface area (Å²) in [6, 6.07) is 8.09. The van der Waals surface area contributed by atoms with Gasteiger partial charge in [0.15, 0.2) is 0 Å². The second-order valence-corrected chi connectivity index (χ2v) is 5.35. The molecular weight excluding hydrogens is 323 g/mol. The maximum Gasteiger partial charge on any atom is 0.269 e. The molecule has 1 N–H and O–H groups in total. The van der Waals surface area contributed by atoms with Crippen LogP contribution >= 0.6 is 15.9 Å². The van der Waals surface area contributed by atoms with Crippen LogP contribution in [0.5, 0.6) is 0 Å². The van der Waals surface area contributed by atoms with E-state index in [1.165, 1.54) is 12.1 Å². The van der Waals surface area contributed by atoms with E-state index in [9.17, 15) is 9.18 Å². The number of aromatic nitrogens is 1. The van der Waals surface area contributed by atoms with Crippen LogP contribution in [0, 0.1) is 12.7 Å². The second-order valence-electron chi connectivity index (χ2n) is 4.44. The number of halogens is 2. The van der Waals surface area contributed by atoms with Crippen molar-refractivity contribution in [2.45, 2.75) is 13.3 Å². The highest BCUT2D eigenvalue weighted by molar-refractivity contribution is 9.10. The lowest BCUT2D eigenvalue weighted by Crippen LogP contribution is -2.26. The summed E-state index contributed by atoms with van der Waals surface area (Å²) < 4.78 is 13.8. The molecule has 104 valence electrons. The van der Waals surface area contributed by atoms with Crippen LogP contribution in [0.1, 0.15) is 21.6 Å². The average Bonchev–Trinajstić information content (AvgIpc) is 2.42. The smallest absolute Gasteiger partial charge is 0.269 e. The van der Waals surface area contributed by atoms with Gasteiger partial charge in [-0.25, -0.2) is 9.37 Å². The molecule has 0 saturated heterocycles. The summed E-state index contributed by atoms with van der Waals surface area (Å²) in [6.07, 6.45) is 2.24. The zero-order chi connectivity index (χ0) is 14.5. The van der Waals surface area contributed by atoms with Gasteiger partial charge in [-0.2, -0.15) is 0 Å². The zero-order valence-electron chi connectivity index (χ0n) is 11.0. The largest absolute Gasteiger partial charge is 0.350 e. The molecule has 0 aliphatic heterocycles. The minimum absolute atomic E-state index is 0.211. The van der Waals surface area contributed by atoms with Crippen molar-refractivity contribution in [3.63, 3.8) is 0 Å². The SMILES string of the molecule is Cc1cc(F)ccc1CCNC(=O)c1ccc(Br)cn1. The topological polar surface area (TPSA) is 42.0 Å². The van der Waals surface area contributed by atoms with E-state index in [0.29, 0.717) is 18.7 Å². The van der Waals surface area contributed by atoms with E-state index >= 15 is 0 Å². The molecule has 0 fully saturated rings. The zero-order valence-corrected chi connectivity index (χ0v) is 12.6. The number of benzene rings is 1. The first kappa shape index (κ1) is 14.7. The molecule has 0 atom stereocenters. The molecule has 2 rings (SSSR count).